The summed E-state index contributed by atoms with van der Waals surface area (Å²) >= 11 is 0. The molecule has 19 heavy (non-hydrogen) atoms. The third-order valence-electron chi connectivity index (χ3n) is 2.09. The molecule has 0 saturated carbocycles. The van der Waals surface area contributed by atoms with Gasteiger partial charge in [0.1, 0.15) is 5.82 Å². The molecule has 1 rings (SSSR count). The number of aromatic nitrogens is 2. The molecule has 0 aromatic carbocycles. The number of hydrogen-bond acceptors (Lipinski definition) is 2. The van der Waals surface area contributed by atoms with Gasteiger partial charge in [-0.05, 0) is 20.0 Å². The lowest BCUT2D eigenvalue weighted by atomic mass is 10.2. The Balaban J connectivity index is -0.000000375. The minimum atomic E-state index is 0.518. The number of imidazole rings is 1. The first kappa shape index (κ1) is 23.3. The van der Waals surface area contributed by atoms with Gasteiger partial charge >= 0.3 is 0 Å². The van der Waals surface area contributed by atoms with Crippen LogP contribution in [0.2, 0.25) is 0 Å². The molecule has 0 unspecified atom stereocenters. The van der Waals surface area contributed by atoms with Gasteiger partial charge in [0.15, 0.2) is 0 Å². The van der Waals surface area contributed by atoms with E-state index >= 15 is 0 Å². The molecule has 0 aliphatic heterocycles. The molecule has 0 amide bonds. The molecule has 116 valence electrons. The van der Waals surface area contributed by atoms with E-state index in [1.807, 2.05) is 54.8 Å². The van der Waals surface area contributed by atoms with Gasteiger partial charge in [0.2, 0.25) is 0 Å². The summed E-state index contributed by atoms with van der Waals surface area (Å²) in [5, 5.41) is 3.15. The normalized spacial score (nSPS) is 8.53. The lowest BCUT2D eigenvalue weighted by molar-refractivity contribution is 0.573. The predicted octanol–water partition coefficient (Wildman–Crippen LogP) is 4.69. The van der Waals surface area contributed by atoms with Crippen molar-refractivity contribution in [3.63, 3.8) is 0 Å². The van der Waals surface area contributed by atoms with E-state index in [1.165, 1.54) is 5.82 Å². The maximum absolute atomic E-state index is 4.34. The molecular weight excluding hydrogens is 234 g/mol. The summed E-state index contributed by atoms with van der Waals surface area (Å²) in [6.07, 6.45) is 5.10. The largest absolute Gasteiger partial charge is 0.335 e. The van der Waals surface area contributed by atoms with Crippen LogP contribution in [0, 0.1) is 0 Å². The van der Waals surface area contributed by atoms with Crippen LogP contribution in [0.25, 0.3) is 0 Å². The summed E-state index contributed by atoms with van der Waals surface area (Å²) in [5.74, 6) is 1.71. The molecule has 3 heteroatoms. The van der Waals surface area contributed by atoms with E-state index in [0.29, 0.717) is 5.92 Å². The summed E-state index contributed by atoms with van der Waals surface area (Å²) in [4.78, 5) is 4.34. The third-order valence-corrected chi connectivity index (χ3v) is 2.09. The maximum Gasteiger partial charge on any atom is 0.111 e. The zero-order chi connectivity index (χ0) is 15.7. The number of nitrogens with one attached hydrogen (secondary N) is 1. The van der Waals surface area contributed by atoms with Crippen LogP contribution in [0.5, 0.6) is 0 Å². The zero-order valence-corrected chi connectivity index (χ0v) is 14.7. The molecule has 1 N–H and O–H groups in total. The van der Waals surface area contributed by atoms with Crippen LogP contribution in [0.3, 0.4) is 0 Å². The first-order chi connectivity index (χ1) is 9.25. The molecule has 0 fully saturated rings. The smallest absolute Gasteiger partial charge is 0.111 e. The van der Waals surface area contributed by atoms with Gasteiger partial charge in [-0.25, -0.2) is 4.98 Å². The fourth-order valence-corrected chi connectivity index (χ4v) is 1.44. The number of nitrogens with zero attached hydrogens (tertiary/aromatic N) is 2. The lowest BCUT2D eigenvalue weighted by Crippen LogP contribution is -2.12. The van der Waals surface area contributed by atoms with Crippen molar-refractivity contribution >= 4 is 0 Å². The Morgan fingerprint density at radius 3 is 2.05 bits per heavy atom. The van der Waals surface area contributed by atoms with E-state index in [2.05, 4.69) is 34.9 Å². The topological polar surface area (TPSA) is 29.9 Å². The zero-order valence-electron chi connectivity index (χ0n) is 14.7. The van der Waals surface area contributed by atoms with Crippen molar-refractivity contribution in [3.05, 3.63) is 18.2 Å². The highest BCUT2D eigenvalue weighted by molar-refractivity contribution is 4.97. The van der Waals surface area contributed by atoms with Crippen LogP contribution in [0.1, 0.15) is 73.6 Å². The molecule has 0 aliphatic rings. The monoisotopic (exact) mass is 271 g/mol. The molecule has 0 bridgehead atoms. The fraction of sp³-hybridized carbons (Fsp3) is 0.812. The van der Waals surface area contributed by atoms with Crippen LogP contribution in [-0.4, -0.2) is 23.1 Å². The molecule has 3 nitrogen and oxygen atoms in total. The van der Waals surface area contributed by atoms with Gasteiger partial charge in [-0.15, -0.1) is 0 Å². The van der Waals surface area contributed by atoms with Gasteiger partial charge in [-0.2, -0.15) is 0 Å². The second kappa shape index (κ2) is 19.5. The van der Waals surface area contributed by atoms with E-state index in [0.717, 1.165) is 19.5 Å². The van der Waals surface area contributed by atoms with E-state index in [-0.39, 0.29) is 0 Å². The molecule has 1 aromatic rings. The summed E-state index contributed by atoms with van der Waals surface area (Å²) in [5.41, 5.74) is 0. The van der Waals surface area contributed by atoms with Crippen molar-refractivity contribution in [3.8, 4) is 0 Å². The highest BCUT2D eigenvalue weighted by Crippen LogP contribution is 2.11. The molecule has 0 aliphatic carbocycles. The molecule has 1 heterocycles. The van der Waals surface area contributed by atoms with Crippen molar-refractivity contribution in [1.29, 1.82) is 0 Å². The van der Waals surface area contributed by atoms with E-state index in [1.54, 1.807) is 0 Å². The summed E-state index contributed by atoms with van der Waals surface area (Å²) in [6, 6.07) is 0. The summed E-state index contributed by atoms with van der Waals surface area (Å²) < 4.78 is 2.24. The highest BCUT2D eigenvalue weighted by Gasteiger charge is 2.05. The molecular formula is C16H37N3. The van der Waals surface area contributed by atoms with Crippen LogP contribution in [0.4, 0.5) is 0 Å². The Labute approximate surface area is 121 Å². The predicted molar refractivity (Wildman–Crippen MR) is 88.9 cm³/mol. The molecule has 0 saturated heterocycles. The van der Waals surface area contributed by atoms with E-state index in [9.17, 15) is 0 Å². The minimum Gasteiger partial charge on any atom is -0.335 e. The van der Waals surface area contributed by atoms with Crippen LogP contribution in [-0.2, 0) is 6.54 Å². The Kier molecular flexibility index (Phi) is 23.9. The van der Waals surface area contributed by atoms with Gasteiger partial charge in [0, 0.05) is 24.9 Å². The molecule has 0 radical (unpaired) electrons. The highest BCUT2D eigenvalue weighted by atomic mass is 15.1. The van der Waals surface area contributed by atoms with Gasteiger partial charge in [-0.1, -0.05) is 55.4 Å². The van der Waals surface area contributed by atoms with E-state index < -0.39 is 0 Å². The van der Waals surface area contributed by atoms with Crippen molar-refractivity contribution < 1.29 is 0 Å². The first-order valence-electron chi connectivity index (χ1n) is 7.91. The van der Waals surface area contributed by atoms with Crippen molar-refractivity contribution in [1.82, 2.24) is 14.9 Å². The average molecular weight is 271 g/mol. The van der Waals surface area contributed by atoms with E-state index in [4.69, 9.17) is 0 Å². The number of rotatable bonds is 5. The van der Waals surface area contributed by atoms with Gasteiger partial charge < -0.3 is 9.88 Å². The van der Waals surface area contributed by atoms with Crippen LogP contribution >= 0.6 is 0 Å². The fourth-order valence-electron chi connectivity index (χ4n) is 1.44. The second-order valence-corrected chi connectivity index (χ2v) is 3.59. The summed E-state index contributed by atoms with van der Waals surface area (Å²) in [7, 11) is 1.98. The van der Waals surface area contributed by atoms with Crippen molar-refractivity contribution in [2.75, 3.05) is 13.6 Å². The number of hydrogen-bond donors (Lipinski definition) is 1. The van der Waals surface area contributed by atoms with Gasteiger partial charge in [-0.3, -0.25) is 0 Å². The third kappa shape index (κ3) is 12.0. The standard InChI is InChI=1S/C10H19N3.3C2H6/c1-9(2)10-12-6-8-13(10)7-4-5-11-3;3*1-2/h6,8-9,11H,4-5,7H2,1-3H3;3*1-2H3. The van der Waals surface area contributed by atoms with Crippen molar-refractivity contribution in [2.45, 2.75) is 74.3 Å². The van der Waals surface area contributed by atoms with Crippen LogP contribution in [0.15, 0.2) is 12.4 Å². The van der Waals surface area contributed by atoms with Crippen LogP contribution < -0.4 is 5.32 Å². The lowest BCUT2D eigenvalue weighted by Gasteiger charge is -2.09. The molecule has 1 aromatic heterocycles. The average Bonchev–Trinajstić information content (AvgIpc) is 2.94. The minimum absolute atomic E-state index is 0.518. The Hall–Kier alpha value is -0.830. The summed E-state index contributed by atoms with van der Waals surface area (Å²) in [6.45, 7) is 18.5. The quantitative estimate of drug-likeness (QED) is 0.787. The molecule has 0 spiro atoms. The second-order valence-electron chi connectivity index (χ2n) is 3.59. The Morgan fingerprint density at radius 2 is 1.63 bits per heavy atom. The first-order valence-corrected chi connectivity index (χ1v) is 7.91. The Bertz CT molecular complexity index is 242. The van der Waals surface area contributed by atoms with Gasteiger partial charge in [0.05, 0.1) is 0 Å². The Morgan fingerprint density at radius 1 is 1.11 bits per heavy atom. The van der Waals surface area contributed by atoms with Crippen molar-refractivity contribution in [2.24, 2.45) is 0 Å². The maximum atomic E-state index is 4.34. The molecule has 0 atom stereocenters. The number of aryl methyl sites for hydroxylation is 1. The van der Waals surface area contributed by atoms with Gasteiger partial charge in [0.25, 0.3) is 0 Å². The SMILES string of the molecule is CC.CC.CC.CNCCCn1ccnc1C(C)C.